The number of carbonyl (C=O) groups is 2. The molecule has 1 aliphatic heterocycles. The number of piperazine rings is 1. The quantitative estimate of drug-likeness (QED) is 0.505. The first kappa shape index (κ1) is 24.4. The van der Waals surface area contributed by atoms with Gasteiger partial charge in [-0.3, -0.25) is 0 Å². The Morgan fingerprint density at radius 2 is 1.88 bits per heavy atom. The molecule has 0 bridgehead atoms. The molecule has 7 nitrogen and oxygen atoms in total. The van der Waals surface area contributed by atoms with Crippen molar-refractivity contribution in [2.75, 3.05) is 37.4 Å². The van der Waals surface area contributed by atoms with Crippen LogP contribution in [0.5, 0.6) is 0 Å². The van der Waals surface area contributed by atoms with Crippen LogP contribution in [0, 0.1) is 18.7 Å². The number of urea groups is 1. The van der Waals surface area contributed by atoms with Crippen LogP contribution >= 0.6 is 12.2 Å². The van der Waals surface area contributed by atoms with Crippen LogP contribution < -0.4 is 10.6 Å². The van der Waals surface area contributed by atoms with Crippen LogP contribution in [0.25, 0.3) is 0 Å². The van der Waals surface area contributed by atoms with E-state index in [9.17, 15) is 14.0 Å². The predicted octanol–water partition coefficient (Wildman–Crippen LogP) is 4.49. The fourth-order valence-corrected chi connectivity index (χ4v) is 4.21. The highest BCUT2D eigenvalue weighted by molar-refractivity contribution is 7.80. The van der Waals surface area contributed by atoms with Gasteiger partial charge in [0.1, 0.15) is 5.82 Å². The van der Waals surface area contributed by atoms with Gasteiger partial charge in [-0.15, -0.1) is 0 Å². The van der Waals surface area contributed by atoms with Crippen LogP contribution in [0.1, 0.15) is 29.8 Å². The SMILES string of the molecule is COC(=O)c1cccc(NC(=S)N2CCN(C(=O)Nc3cccc(F)c3)CC2C(C)C)c1C. The molecule has 176 valence electrons. The molecule has 2 aromatic carbocycles. The largest absolute Gasteiger partial charge is 0.465 e. The number of nitrogens with one attached hydrogen (secondary N) is 2. The van der Waals surface area contributed by atoms with E-state index >= 15 is 0 Å². The number of esters is 1. The summed E-state index contributed by atoms with van der Waals surface area (Å²) < 4.78 is 18.3. The number of anilines is 2. The van der Waals surface area contributed by atoms with Crippen molar-refractivity contribution in [3.8, 4) is 0 Å². The van der Waals surface area contributed by atoms with Gasteiger partial charge in [0.2, 0.25) is 0 Å². The third-order valence-electron chi connectivity index (χ3n) is 5.79. The highest BCUT2D eigenvalue weighted by Gasteiger charge is 2.33. The van der Waals surface area contributed by atoms with Crippen molar-refractivity contribution in [1.29, 1.82) is 0 Å². The van der Waals surface area contributed by atoms with Crippen LogP contribution in [-0.2, 0) is 4.74 Å². The van der Waals surface area contributed by atoms with E-state index in [0.29, 0.717) is 36.0 Å². The molecule has 0 spiro atoms. The summed E-state index contributed by atoms with van der Waals surface area (Å²) in [5.41, 5.74) is 2.38. The highest BCUT2D eigenvalue weighted by atomic mass is 32.1. The molecular weight excluding hydrogens is 443 g/mol. The molecule has 1 unspecified atom stereocenters. The van der Waals surface area contributed by atoms with E-state index in [1.54, 1.807) is 29.2 Å². The standard InChI is InChI=1S/C24H29FN4O3S/c1-15(2)21-14-28(23(31)26-18-8-5-7-17(25)13-18)11-12-29(21)24(33)27-20-10-6-9-19(16(20)3)22(30)32-4/h5-10,13,15,21H,11-12,14H2,1-4H3,(H,26,31)(H,27,33). The Kier molecular flexibility index (Phi) is 7.86. The minimum Gasteiger partial charge on any atom is -0.465 e. The fraction of sp³-hybridized carbons (Fsp3) is 0.375. The molecule has 0 aliphatic carbocycles. The predicted molar refractivity (Wildman–Crippen MR) is 131 cm³/mol. The van der Waals surface area contributed by atoms with Gasteiger partial charge >= 0.3 is 12.0 Å². The molecule has 1 atom stereocenters. The Bertz CT molecular complexity index is 1050. The van der Waals surface area contributed by atoms with Crippen molar-refractivity contribution >= 4 is 40.7 Å². The second-order valence-corrected chi connectivity index (χ2v) is 8.68. The van der Waals surface area contributed by atoms with Crippen molar-refractivity contribution in [2.24, 2.45) is 5.92 Å². The van der Waals surface area contributed by atoms with Gasteiger partial charge in [0, 0.05) is 31.0 Å². The zero-order valence-electron chi connectivity index (χ0n) is 19.2. The van der Waals surface area contributed by atoms with Crippen LogP contribution in [-0.4, -0.2) is 59.7 Å². The molecule has 0 radical (unpaired) electrons. The number of carbonyl (C=O) groups excluding carboxylic acids is 2. The van der Waals surface area contributed by atoms with E-state index in [1.807, 2.05) is 13.0 Å². The van der Waals surface area contributed by atoms with Crippen LogP contribution in [0.3, 0.4) is 0 Å². The third-order valence-corrected chi connectivity index (χ3v) is 6.13. The fourth-order valence-electron chi connectivity index (χ4n) is 3.88. The monoisotopic (exact) mass is 472 g/mol. The summed E-state index contributed by atoms with van der Waals surface area (Å²) in [6, 6.07) is 10.9. The minimum atomic E-state index is -0.403. The normalized spacial score (nSPS) is 15.9. The second kappa shape index (κ2) is 10.6. The molecular formula is C24H29FN4O3S. The Morgan fingerprint density at radius 1 is 1.15 bits per heavy atom. The van der Waals surface area contributed by atoms with Crippen LogP contribution in [0.4, 0.5) is 20.6 Å². The Labute approximate surface area is 198 Å². The molecule has 9 heteroatoms. The first-order chi connectivity index (χ1) is 15.7. The third kappa shape index (κ3) is 5.78. The van der Waals surface area contributed by atoms with E-state index in [-0.39, 0.29) is 18.0 Å². The van der Waals surface area contributed by atoms with Gasteiger partial charge in [0.15, 0.2) is 5.11 Å². The van der Waals surface area contributed by atoms with Gasteiger partial charge in [-0.25, -0.2) is 14.0 Å². The zero-order valence-corrected chi connectivity index (χ0v) is 20.0. The summed E-state index contributed by atoms with van der Waals surface area (Å²) in [5, 5.41) is 6.56. The van der Waals surface area contributed by atoms with Gasteiger partial charge in [-0.1, -0.05) is 26.0 Å². The van der Waals surface area contributed by atoms with Gasteiger partial charge < -0.3 is 25.2 Å². The molecule has 1 heterocycles. The molecule has 0 aromatic heterocycles. The van der Waals surface area contributed by atoms with Crippen molar-refractivity contribution in [1.82, 2.24) is 9.80 Å². The number of amides is 2. The van der Waals surface area contributed by atoms with E-state index in [4.69, 9.17) is 17.0 Å². The summed E-state index contributed by atoms with van der Waals surface area (Å²) in [7, 11) is 1.35. The van der Waals surface area contributed by atoms with E-state index in [0.717, 1.165) is 11.3 Å². The molecule has 2 amide bonds. The topological polar surface area (TPSA) is 73.9 Å². The van der Waals surface area contributed by atoms with Gasteiger partial charge in [0.05, 0.1) is 18.7 Å². The molecule has 1 aliphatic rings. The first-order valence-corrected chi connectivity index (χ1v) is 11.2. The molecule has 1 saturated heterocycles. The smallest absolute Gasteiger partial charge is 0.338 e. The molecule has 2 N–H and O–H groups in total. The maximum Gasteiger partial charge on any atom is 0.338 e. The maximum absolute atomic E-state index is 13.4. The molecule has 2 aromatic rings. The Morgan fingerprint density at radius 3 is 2.55 bits per heavy atom. The average Bonchev–Trinajstić information content (AvgIpc) is 2.79. The van der Waals surface area contributed by atoms with Gasteiger partial charge in [-0.2, -0.15) is 0 Å². The summed E-state index contributed by atoms with van der Waals surface area (Å²) in [4.78, 5) is 28.6. The lowest BCUT2D eigenvalue weighted by Crippen LogP contribution is -2.59. The van der Waals surface area contributed by atoms with E-state index in [1.165, 1.54) is 19.2 Å². The first-order valence-electron chi connectivity index (χ1n) is 10.8. The Hall–Kier alpha value is -3.20. The van der Waals surface area contributed by atoms with Crippen LogP contribution in [0.2, 0.25) is 0 Å². The lowest BCUT2D eigenvalue weighted by atomic mass is 10.00. The van der Waals surface area contributed by atoms with Crippen molar-refractivity contribution in [3.63, 3.8) is 0 Å². The Balaban J connectivity index is 1.70. The van der Waals surface area contributed by atoms with Crippen molar-refractivity contribution in [2.45, 2.75) is 26.8 Å². The summed E-state index contributed by atoms with van der Waals surface area (Å²) in [6.45, 7) is 7.48. The van der Waals surface area contributed by atoms with Crippen molar-refractivity contribution in [3.05, 3.63) is 59.4 Å². The summed E-state index contributed by atoms with van der Waals surface area (Å²) >= 11 is 5.71. The number of thiocarbonyl (C=S) groups is 1. The van der Waals surface area contributed by atoms with Gasteiger partial charge in [-0.05, 0) is 61.0 Å². The minimum absolute atomic E-state index is 0.0129. The maximum atomic E-state index is 13.4. The van der Waals surface area contributed by atoms with Crippen LogP contribution in [0.15, 0.2) is 42.5 Å². The van der Waals surface area contributed by atoms with E-state index < -0.39 is 11.8 Å². The van der Waals surface area contributed by atoms with Crippen molar-refractivity contribution < 1.29 is 18.7 Å². The molecule has 3 rings (SSSR count). The number of hydrogen-bond donors (Lipinski definition) is 2. The lowest BCUT2D eigenvalue weighted by molar-refractivity contribution is 0.0600. The highest BCUT2D eigenvalue weighted by Crippen LogP contribution is 2.23. The molecule has 33 heavy (non-hydrogen) atoms. The number of rotatable bonds is 4. The zero-order chi connectivity index (χ0) is 24.1. The van der Waals surface area contributed by atoms with E-state index in [2.05, 4.69) is 29.4 Å². The summed E-state index contributed by atoms with van der Waals surface area (Å²) in [6.07, 6.45) is 0. The molecule has 1 fully saturated rings. The number of hydrogen-bond acceptors (Lipinski definition) is 4. The lowest BCUT2D eigenvalue weighted by Gasteiger charge is -2.44. The number of benzene rings is 2. The number of ether oxygens (including phenoxy) is 1. The second-order valence-electron chi connectivity index (χ2n) is 8.29. The number of nitrogens with zero attached hydrogens (tertiary/aromatic N) is 2. The average molecular weight is 473 g/mol. The van der Waals surface area contributed by atoms with Gasteiger partial charge in [0.25, 0.3) is 0 Å². The number of halogens is 1. The summed E-state index contributed by atoms with van der Waals surface area (Å²) in [5.74, 6) is -0.585. The molecule has 0 saturated carbocycles. The number of methoxy groups -OCH3 is 1.